The molecule has 0 saturated heterocycles. The van der Waals surface area contributed by atoms with Crippen molar-refractivity contribution in [1.29, 1.82) is 0 Å². The van der Waals surface area contributed by atoms with Gasteiger partial charge in [0.15, 0.2) is 11.5 Å². The van der Waals surface area contributed by atoms with Gasteiger partial charge in [-0.15, -0.1) is 0 Å². The molecule has 0 aliphatic rings. The third-order valence-corrected chi connectivity index (χ3v) is 3.16. The molecular formula is C15H24O6. The van der Waals surface area contributed by atoms with Crippen molar-refractivity contribution in [2.45, 2.75) is 32.0 Å². The number of unbranched alkanes of at least 4 members (excludes halogenated alkanes) is 1. The van der Waals surface area contributed by atoms with Crippen LogP contribution in [-0.4, -0.2) is 48.9 Å². The predicted octanol–water partition coefficient (Wildman–Crippen LogP) is 1.62. The largest absolute Gasteiger partial charge is 0.502 e. The van der Waals surface area contributed by atoms with Crippen LogP contribution in [0.25, 0.3) is 0 Å². The first-order valence-electron chi connectivity index (χ1n) is 6.94. The van der Waals surface area contributed by atoms with Gasteiger partial charge in [-0.25, -0.2) is 0 Å². The maximum absolute atomic E-state index is 9.95. The summed E-state index contributed by atoms with van der Waals surface area (Å²) < 4.78 is 15.8. The Morgan fingerprint density at radius 2 is 1.71 bits per heavy atom. The number of phenols is 1. The second-order valence-corrected chi connectivity index (χ2v) is 4.67. The molecule has 0 aromatic heterocycles. The Balaban J connectivity index is 3.10. The summed E-state index contributed by atoms with van der Waals surface area (Å²) in [6, 6.07) is 3.13. The van der Waals surface area contributed by atoms with E-state index in [1.165, 1.54) is 14.2 Å². The van der Waals surface area contributed by atoms with Crippen molar-refractivity contribution in [3.63, 3.8) is 0 Å². The van der Waals surface area contributed by atoms with Gasteiger partial charge in [0.1, 0.15) is 12.2 Å². The van der Waals surface area contributed by atoms with Crippen LogP contribution in [0.4, 0.5) is 0 Å². The number of phenolic OH excluding ortho intramolecular Hbond substituents is 1. The number of methoxy groups -OCH3 is 2. The van der Waals surface area contributed by atoms with Crippen LogP contribution < -0.4 is 9.47 Å². The molecule has 0 amide bonds. The second-order valence-electron chi connectivity index (χ2n) is 4.67. The van der Waals surface area contributed by atoms with Crippen molar-refractivity contribution >= 4 is 0 Å². The fraction of sp³-hybridized carbons (Fsp3) is 0.600. The molecule has 0 aliphatic heterocycles. The SMILES string of the molecule is CCCCOC(c1cc(OC)c(O)c(OC)c1)C(O)CO. The molecule has 0 heterocycles. The maximum Gasteiger partial charge on any atom is 0.200 e. The van der Waals surface area contributed by atoms with Crippen molar-refractivity contribution in [3.8, 4) is 17.2 Å². The molecule has 2 atom stereocenters. The second kappa shape index (κ2) is 8.71. The monoisotopic (exact) mass is 300 g/mol. The number of rotatable bonds is 9. The van der Waals surface area contributed by atoms with E-state index in [-0.39, 0.29) is 17.2 Å². The van der Waals surface area contributed by atoms with Crippen molar-refractivity contribution in [3.05, 3.63) is 17.7 Å². The summed E-state index contributed by atoms with van der Waals surface area (Å²) in [5.74, 6) is 0.326. The van der Waals surface area contributed by atoms with Gasteiger partial charge in [-0.2, -0.15) is 0 Å². The Bertz CT molecular complexity index is 409. The molecule has 0 spiro atoms. The number of hydrogen-bond donors (Lipinski definition) is 3. The van der Waals surface area contributed by atoms with Gasteiger partial charge in [0, 0.05) is 6.61 Å². The standard InChI is InChI=1S/C15H24O6/c1-4-5-6-21-15(11(17)9-16)10-7-12(19-2)14(18)13(8-10)20-3/h7-8,11,15-18H,4-6,9H2,1-3H3. The topological polar surface area (TPSA) is 88.4 Å². The molecule has 2 unspecified atom stereocenters. The smallest absolute Gasteiger partial charge is 0.200 e. The molecule has 0 radical (unpaired) electrons. The highest BCUT2D eigenvalue weighted by Gasteiger charge is 2.24. The average Bonchev–Trinajstić information content (AvgIpc) is 2.51. The summed E-state index contributed by atoms with van der Waals surface area (Å²) in [5, 5.41) is 29.0. The van der Waals surface area contributed by atoms with E-state index in [2.05, 4.69) is 0 Å². The van der Waals surface area contributed by atoms with Crippen LogP contribution in [-0.2, 0) is 4.74 Å². The van der Waals surface area contributed by atoms with Gasteiger partial charge in [-0.1, -0.05) is 13.3 Å². The quantitative estimate of drug-likeness (QED) is 0.601. The van der Waals surface area contributed by atoms with E-state index in [1.54, 1.807) is 12.1 Å². The molecule has 0 saturated carbocycles. The van der Waals surface area contributed by atoms with Crippen molar-refractivity contribution in [2.75, 3.05) is 27.4 Å². The van der Waals surface area contributed by atoms with E-state index in [0.29, 0.717) is 12.2 Å². The third kappa shape index (κ3) is 4.49. The molecule has 0 aliphatic carbocycles. The summed E-state index contributed by atoms with van der Waals surface area (Å²) in [7, 11) is 2.85. The van der Waals surface area contributed by atoms with Gasteiger partial charge in [0.2, 0.25) is 5.75 Å². The minimum Gasteiger partial charge on any atom is -0.502 e. The number of benzene rings is 1. The zero-order valence-corrected chi connectivity index (χ0v) is 12.7. The molecular weight excluding hydrogens is 276 g/mol. The van der Waals surface area contributed by atoms with Crippen LogP contribution in [0.3, 0.4) is 0 Å². The Labute approximate surface area is 124 Å². The molecule has 1 rings (SSSR count). The molecule has 0 fully saturated rings. The number of hydrogen-bond acceptors (Lipinski definition) is 6. The van der Waals surface area contributed by atoms with E-state index < -0.39 is 18.8 Å². The fourth-order valence-electron chi connectivity index (χ4n) is 1.96. The van der Waals surface area contributed by atoms with Crippen LogP contribution in [0, 0.1) is 0 Å². The molecule has 6 heteroatoms. The minimum absolute atomic E-state index is 0.116. The minimum atomic E-state index is -1.07. The first kappa shape index (κ1) is 17.6. The summed E-state index contributed by atoms with van der Waals surface area (Å²) in [6.07, 6.45) is 0.0243. The number of ether oxygens (including phenoxy) is 3. The van der Waals surface area contributed by atoms with E-state index in [0.717, 1.165) is 12.8 Å². The first-order valence-corrected chi connectivity index (χ1v) is 6.94. The highest BCUT2D eigenvalue weighted by atomic mass is 16.5. The van der Waals surface area contributed by atoms with Crippen LogP contribution in [0.5, 0.6) is 17.2 Å². The number of aliphatic hydroxyl groups excluding tert-OH is 2. The van der Waals surface area contributed by atoms with E-state index in [9.17, 15) is 15.3 Å². The lowest BCUT2D eigenvalue weighted by atomic mass is 10.0. The van der Waals surface area contributed by atoms with E-state index in [4.69, 9.17) is 14.2 Å². The van der Waals surface area contributed by atoms with Gasteiger partial charge in [-0.3, -0.25) is 0 Å². The molecule has 1 aromatic rings. The van der Waals surface area contributed by atoms with Gasteiger partial charge in [-0.05, 0) is 24.1 Å². The van der Waals surface area contributed by atoms with Gasteiger partial charge >= 0.3 is 0 Å². The average molecular weight is 300 g/mol. The molecule has 21 heavy (non-hydrogen) atoms. The Morgan fingerprint density at radius 3 is 2.14 bits per heavy atom. The van der Waals surface area contributed by atoms with E-state index in [1.807, 2.05) is 6.92 Å². The number of aliphatic hydroxyl groups is 2. The first-order chi connectivity index (χ1) is 10.1. The highest BCUT2D eigenvalue weighted by molar-refractivity contribution is 5.53. The van der Waals surface area contributed by atoms with Crippen LogP contribution in [0.1, 0.15) is 31.4 Å². The highest BCUT2D eigenvalue weighted by Crippen LogP contribution is 2.40. The van der Waals surface area contributed by atoms with Crippen LogP contribution in [0.2, 0.25) is 0 Å². The Hall–Kier alpha value is -1.50. The molecule has 1 aromatic carbocycles. The lowest BCUT2D eigenvalue weighted by Crippen LogP contribution is -2.25. The Morgan fingerprint density at radius 1 is 1.14 bits per heavy atom. The molecule has 120 valence electrons. The van der Waals surface area contributed by atoms with Crippen LogP contribution in [0.15, 0.2) is 12.1 Å². The summed E-state index contributed by atoms with van der Waals surface area (Å²) in [4.78, 5) is 0. The summed E-state index contributed by atoms with van der Waals surface area (Å²) >= 11 is 0. The van der Waals surface area contributed by atoms with Crippen molar-refractivity contribution < 1.29 is 29.5 Å². The molecule has 6 nitrogen and oxygen atoms in total. The summed E-state index contributed by atoms with van der Waals surface area (Å²) in [6.45, 7) is 2.07. The summed E-state index contributed by atoms with van der Waals surface area (Å²) in [5.41, 5.74) is 0.569. The maximum atomic E-state index is 9.95. The third-order valence-electron chi connectivity index (χ3n) is 3.16. The lowest BCUT2D eigenvalue weighted by molar-refractivity contribution is -0.0608. The number of aromatic hydroxyl groups is 1. The molecule has 3 N–H and O–H groups in total. The zero-order chi connectivity index (χ0) is 15.8. The normalized spacial score (nSPS) is 13.8. The van der Waals surface area contributed by atoms with Gasteiger partial charge in [0.05, 0.1) is 20.8 Å². The lowest BCUT2D eigenvalue weighted by Gasteiger charge is -2.23. The van der Waals surface area contributed by atoms with Crippen LogP contribution >= 0.6 is 0 Å². The predicted molar refractivity (Wildman–Crippen MR) is 77.9 cm³/mol. The van der Waals surface area contributed by atoms with E-state index >= 15 is 0 Å². The Kier molecular flexibility index (Phi) is 7.28. The van der Waals surface area contributed by atoms with Crippen molar-refractivity contribution in [1.82, 2.24) is 0 Å². The van der Waals surface area contributed by atoms with Gasteiger partial charge < -0.3 is 29.5 Å². The zero-order valence-electron chi connectivity index (χ0n) is 12.7. The molecule has 0 bridgehead atoms. The van der Waals surface area contributed by atoms with Crippen molar-refractivity contribution in [2.24, 2.45) is 0 Å². The fourth-order valence-corrected chi connectivity index (χ4v) is 1.96. The van der Waals surface area contributed by atoms with Gasteiger partial charge in [0.25, 0.3) is 0 Å².